The molecule has 9 nitrogen and oxygen atoms in total. The highest BCUT2D eigenvalue weighted by molar-refractivity contribution is 6.07. The van der Waals surface area contributed by atoms with E-state index in [4.69, 9.17) is 4.74 Å². The Morgan fingerprint density at radius 2 is 1.90 bits per heavy atom. The van der Waals surface area contributed by atoms with Crippen molar-refractivity contribution in [2.45, 2.75) is 32.0 Å². The fourth-order valence-corrected chi connectivity index (χ4v) is 5.36. The molecule has 2 aliphatic heterocycles. The molecular weight excluding hydrogens is 523 g/mol. The molecule has 3 heterocycles. The number of benzene rings is 2. The highest BCUT2D eigenvalue weighted by Gasteiger charge is 2.43. The number of rotatable bonds is 7. The van der Waals surface area contributed by atoms with Crippen LogP contribution in [0.1, 0.15) is 30.5 Å². The maximum atomic E-state index is 13.9. The third-order valence-electron chi connectivity index (χ3n) is 7.41. The molecule has 0 aliphatic carbocycles. The summed E-state index contributed by atoms with van der Waals surface area (Å²) in [4.78, 5) is 24.7. The lowest BCUT2D eigenvalue weighted by Crippen LogP contribution is -2.43. The predicted octanol–water partition coefficient (Wildman–Crippen LogP) is 4.52. The second-order valence-electron chi connectivity index (χ2n) is 10.4. The predicted molar refractivity (Wildman–Crippen MR) is 149 cm³/mol. The summed E-state index contributed by atoms with van der Waals surface area (Å²) in [6, 6.07) is 11.0. The van der Waals surface area contributed by atoms with E-state index in [1.807, 2.05) is 32.0 Å². The zero-order chi connectivity index (χ0) is 28.7. The maximum Gasteiger partial charge on any atom is 0.421 e. The average Bonchev–Trinajstić information content (AvgIpc) is 3.12. The van der Waals surface area contributed by atoms with Crippen molar-refractivity contribution in [1.29, 1.82) is 0 Å². The van der Waals surface area contributed by atoms with E-state index in [0.717, 1.165) is 49.3 Å². The number of amides is 1. The number of hydrogen-bond donors (Lipinski definition) is 3. The van der Waals surface area contributed by atoms with Crippen molar-refractivity contribution in [3.8, 4) is 5.75 Å². The van der Waals surface area contributed by atoms with Gasteiger partial charge in [-0.1, -0.05) is 12.1 Å². The van der Waals surface area contributed by atoms with Crippen LogP contribution in [0.2, 0.25) is 0 Å². The third-order valence-corrected chi connectivity index (χ3v) is 7.41. The lowest BCUT2D eigenvalue weighted by Gasteiger charge is -2.30. The molecule has 1 fully saturated rings. The van der Waals surface area contributed by atoms with Gasteiger partial charge in [0.05, 0.1) is 18.2 Å². The van der Waals surface area contributed by atoms with Crippen LogP contribution in [0.4, 0.5) is 42.0 Å². The highest BCUT2D eigenvalue weighted by atomic mass is 19.4. The molecule has 3 aromatic rings. The number of anilines is 5. The number of aromatic nitrogens is 2. The van der Waals surface area contributed by atoms with Gasteiger partial charge in [0.2, 0.25) is 11.9 Å². The number of methoxy groups -OCH3 is 1. The van der Waals surface area contributed by atoms with Crippen molar-refractivity contribution >= 4 is 34.7 Å². The summed E-state index contributed by atoms with van der Waals surface area (Å²) in [5.41, 5.74) is 1.96. The molecule has 12 heteroatoms. The summed E-state index contributed by atoms with van der Waals surface area (Å²) in [7, 11) is 3.23. The van der Waals surface area contributed by atoms with Crippen LogP contribution >= 0.6 is 0 Å². The van der Waals surface area contributed by atoms with Gasteiger partial charge in [-0.25, -0.2) is 4.98 Å². The Morgan fingerprint density at radius 3 is 2.60 bits per heavy atom. The van der Waals surface area contributed by atoms with E-state index in [-0.39, 0.29) is 24.2 Å². The number of hydrogen-bond acceptors (Lipinski definition) is 8. The first kappa shape index (κ1) is 27.5. The molecule has 0 spiro atoms. The number of carbonyl (C=O) groups is 1. The van der Waals surface area contributed by atoms with Crippen LogP contribution in [0.3, 0.4) is 0 Å². The first-order valence-electron chi connectivity index (χ1n) is 13.0. The maximum absolute atomic E-state index is 13.9. The SMILES string of the molecule is COc1cc(N2CCNCC2)ccc1Nc1ncc(C(F)(F)F)c(NCc2cccc3c2C(C)(C)C(=O)N3C)n1. The monoisotopic (exact) mass is 555 g/mol. The van der Waals surface area contributed by atoms with E-state index >= 15 is 0 Å². The summed E-state index contributed by atoms with van der Waals surface area (Å²) >= 11 is 0. The smallest absolute Gasteiger partial charge is 0.421 e. The number of carbonyl (C=O) groups excluding carboxylic acids is 1. The topological polar surface area (TPSA) is 94.7 Å². The number of ether oxygens (including phenoxy) is 1. The molecule has 1 amide bonds. The van der Waals surface area contributed by atoms with Crippen LogP contribution in [0.15, 0.2) is 42.6 Å². The van der Waals surface area contributed by atoms with E-state index in [0.29, 0.717) is 17.0 Å². The van der Waals surface area contributed by atoms with E-state index in [1.165, 1.54) is 7.11 Å². The molecule has 3 N–H and O–H groups in total. The molecule has 2 aliphatic rings. The molecular formula is C28H32F3N7O2. The fourth-order valence-electron chi connectivity index (χ4n) is 5.36. The molecule has 0 saturated carbocycles. The number of fused-ring (bicyclic) bond motifs is 1. The third kappa shape index (κ3) is 5.10. The van der Waals surface area contributed by atoms with Crippen LogP contribution in [0, 0.1) is 0 Å². The summed E-state index contributed by atoms with van der Waals surface area (Å²) in [5.74, 6) is 0.0630. The standard InChI is InChI=1S/C28H32F3N7O2/c1-27(2)23-17(6-5-7-21(23)37(3)25(27)39)15-33-24-19(28(29,30)31)16-34-26(36-24)35-20-9-8-18(14-22(20)40-4)38-12-10-32-11-13-38/h5-9,14,16,32H,10-13,15H2,1-4H3,(H2,33,34,35,36). The lowest BCUT2D eigenvalue weighted by atomic mass is 9.83. The van der Waals surface area contributed by atoms with Gasteiger partial charge in [-0.05, 0) is 43.2 Å². The van der Waals surface area contributed by atoms with Crippen molar-refractivity contribution < 1.29 is 22.7 Å². The Kier molecular flexibility index (Phi) is 7.21. The lowest BCUT2D eigenvalue weighted by molar-refractivity contribution is -0.137. The zero-order valence-electron chi connectivity index (χ0n) is 22.8. The fraction of sp³-hybridized carbons (Fsp3) is 0.393. The van der Waals surface area contributed by atoms with Crippen LogP contribution in [0.25, 0.3) is 0 Å². The normalized spacial score (nSPS) is 16.6. The molecule has 0 bridgehead atoms. The Labute approximate surface area is 230 Å². The van der Waals surface area contributed by atoms with Crippen molar-refractivity contribution in [2.75, 3.05) is 60.8 Å². The Bertz CT molecular complexity index is 1420. The molecule has 0 unspecified atom stereocenters. The van der Waals surface area contributed by atoms with Gasteiger partial charge in [0.1, 0.15) is 17.1 Å². The first-order chi connectivity index (χ1) is 19.0. The van der Waals surface area contributed by atoms with E-state index < -0.39 is 17.2 Å². The largest absolute Gasteiger partial charge is 0.494 e. The van der Waals surface area contributed by atoms with Crippen LogP contribution in [-0.2, 0) is 22.9 Å². The van der Waals surface area contributed by atoms with Crippen LogP contribution in [0.5, 0.6) is 5.75 Å². The van der Waals surface area contributed by atoms with Gasteiger partial charge < -0.3 is 30.5 Å². The molecule has 5 rings (SSSR count). The van der Waals surface area contributed by atoms with Gasteiger partial charge in [0.25, 0.3) is 0 Å². The molecule has 1 aromatic heterocycles. The van der Waals surface area contributed by atoms with Gasteiger partial charge in [0, 0.05) is 63.4 Å². The van der Waals surface area contributed by atoms with Gasteiger partial charge in [-0.3, -0.25) is 4.79 Å². The number of likely N-dealkylation sites (N-methyl/N-ethyl adjacent to an activating group) is 1. The van der Waals surface area contributed by atoms with Gasteiger partial charge in [-0.2, -0.15) is 18.2 Å². The van der Waals surface area contributed by atoms with Gasteiger partial charge >= 0.3 is 6.18 Å². The highest BCUT2D eigenvalue weighted by Crippen LogP contribution is 2.43. The quantitative estimate of drug-likeness (QED) is 0.392. The van der Waals surface area contributed by atoms with Crippen LogP contribution in [-0.4, -0.2) is 56.2 Å². The Morgan fingerprint density at radius 1 is 1.15 bits per heavy atom. The number of nitrogens with one attached hydrogen (secondary N) is 3. The minimum absolute atomic E-state index is 0.0164. The zero-order valence-corrected chi connectivity index (χ0v) is 22.8. The summed E-state index contributed by atoms with van der Waals surface area (Å²) < 4.78 is 47.2. The molecule has 0 radical (unpaired) electrons. The average molecular weight is 556 g/mol. The van der Waals surface area contributed by atoms with Crippen molar-refractivity contribution in [3.63, 3.8) is 0 Å². The van der Waals surface area contributed by atoms with Gasteiger partial charge in [0.15, 0.2) is 0 Å². The number of nitrogens with zero attached hydrogens (tertiary/aromatic N) is 4. The van der Waals surface area contributed by atoms with Gasteiger partial charge in [-0.15, -0.1) is 0 Å². The summed E-state index contributed by atoms with van der Waals surface area (Å²) in [6.07, 6.45) is -3.91. The van der Waals surface area contributed by atoms with E-state index in [9.17, 15) is 18.0 Å². The molecule has 212 valence electrons. The summed E-state index contributed by atoms with van der Waals surface area (Å²) in [5, 5.41) is 9.17. The Hall–Kier alpha value is -4.06. The Balaban J connectivity index is 1.42. The van der Waals surface area contributed by atoms with E-state index in [2.05, 4.69) is 30.8 Å². The minimum atomic E-state index is -4.67. The number of halogens is 3. The number of piperazine rings is 1. The minimum Gasteiger partial charge on any atom is -0.494 e. The van der Waals surface area contributed by atoms with Crippen molar-refractivity contribution in [1.82, 2.24) is 15.3 Å². The van der Waals surface area contributed by atoms with E-state index in [1.54, 1.807) is 30.1 Å². The second-order valence-corrected chi connectivity index (χ2v) is 10.4. The molecule has 1 saturated heterocycles. The van der Waals surface area contributed by atoms with Crippen LogP contribution < -0.4 is 30.5 Å². The van der Waals surface area contributed by atoms with Crippen molar-refractivity contribution in [2.24, 2.45) is 0 Å². The molecule has 0 atom stereocenters. The molecule has 2 aromatic carbocycles. The van der Waals surface area contributed by atoms with Crippen molar-refractivity contribution in [3.05, 3.63) is 59.3 Å². The summed E-state index contributed by atoms with van der Waals surface area (Å²) in [6.45, 7) is 7.15. The molecule has 40 heavy (non-hydrogen) atoms. The number of alkyl halides is 3. The first-order valence-corrected chi connectivity index (χ1v) is 13.0. The second kappa shape index (κ2) is 10.5.